The van der Waals surface area contributed by atoms with Crippen molar-refractivity contribution in [2.24, 2.45) is 0 Å². The molecule has 1 aromatic carbocycles. The van der Waals surface area contributed by atoms with E-state index < -0.39 is 4.92 Å². The third-order valence-electron chi connectivity index (χ3n) is 2.60. The number of carbonyl (C=O) groups excluding carboxylic acids is 2. The van der Waals surface area contributed by atoms with Gasteiger partial charge in [-0.3, -0.25) is 24.6 Å². The Hall–Kier alpha value is -2.24. The molecule has 6 heteroatoms. The van der Waals surface area contributed by atoms with E-state index in [1.807, 2.05) is 0 Å². The summed E-state index contributed by atoms with van der Waals surface area (Å²) < 4.78 is 0. The highest BCUT2D eigenvalue weighted by Gasteiger charge is 2.27. The summed E-state index contributed by atoms with van der Waals surface area (Å²) in [7, 11) is 0. The summed E-state index contributed by atoms with van der Waals surface area (Å²) in [5, 5.41) is 10.5. The number of amides is 2. The summed E-state index contributed by atoms with van der Waals surface area (Å²) in [4.78, 5) is 34.2. The predicted molar refractivity (Wildman–Crippen MR) is 59.4 cm³/mol. The number of piperidine rings is 1. The van der Waals surface area contributed by atoms with E-state index in [0.717, 1.165) is 4.90 Å². The standard InChI is InChI=1S/C11H10N2O4/c14-10-2-1-3-11(15)12(10)8-4-6-9(7-5-8)13(16)17/h4-7H,1-3H2. The maximum atomic E-state index is 11.6. The minimum Gasteiger partial charge on any atom is -0.274 e. The third kappa shape index (κ3) is 2.15. The SMILES string of the molecule is O=C1CCCC(=O)N1c1ccc([N+](=O)[O-])cc1. The molecular formula is C11H10N2O4. The Morgan fingerprint density at radius 2 is 1.59 bits per heavy atom. The molecule has 0 spiro atoms. The van der Waals surface area contributed by atoms with Crippen molar-refractivity contribution in [3.05, 3.63) is 34.4 Å². The van der Waals surface area contributed by atoms with Gasteiger partial charge in [-0.15, -0.1) is 0 Å². The van der Waals surface area contributed by atoms with Crippen molar-refractivity contribution >= 4 is 23.2 Å². The molecule has 0 aromatic heterocycles. The lowest BCUT2D eigenvalue weighted by Gasteiger charge is -2.24. The minimum absolute atomic E-state index is 0.0642. The molecule has 1 heterocycles. The maximum Gasteiger partial charge on any atom is 0.269 e. The van der Waals surface area contributed by atoms with E-state index in [-0.39, 0.29) is 17.5 Å². The Morgan fingerprint density at radius 3 is 2.06 bits per heavy atom. The summed E-state index contributed by atoms with van der Waals surface area (Å²) >= 11 is 0. The molecule has 1 fully saturated rings. The van der Waals surface area contributed by atoms with E-state index in [2.05, 4.69) is 0 Å². The smallest absolute Gasteiger partial charge is 0.269 e. The van der Waals surface area contributed by atoms with Crippen molar-refractivity contribution in [1.82, 2.24) is 0 Å². The molecular weight excluding hydrogens is 224 g/mol. The number of benzene rings is 1. The average molecular weight is 234 g/mol. The van der Waals surface area contributed by atoms with Gasteiger partial charge in [0.1, 0.15) is 0 Å². The van der Waals surface area contributed by atoms with Crippen LogP contribution in [0.5, 0.6) is 0 Å². The molecule has 1 aliphatic heterocycles. The van der Waals surface area contributed by atoms with Crippen LogP contribution in [0.1, 0.15) is 19.3 Å². The Balaban J connectivity index is 2.29. The first-order valence-corrected chi connectivity index (χ1v) is 5.20. The molecule has 0 N–H and O–H groups in total. The Kier molecular flexibility index (Phi) is 2.86. The van der Waals surface area contributed by atoms with Crippen LogP contribution in [0.4, 0.5) is 11.4 Å². The third-order valence-corrected chi connectivity index (χ3v) is 2.60. The number of carbonyl (C=O) groups is 2. The van der Waals surface area contributed by atoms with E-state index in [1.165, 1.54) is 24.3 Å². The van der Waals surface area contributed by atoms with Gasteiger partial charge in [-0.25, -0.2) is 0 Å². The summed E-state index contributed by atoms with van der Waals surface area (Å²) in [6.07, 6.45) is 1.24. The van der Waals surface area contributed by atoms with Crippen LogP contribution in [0.15, 0.2) is 24.3 Å². The normalized spacial score (nSPS) is 16.1. The fourth-order valence-electron chi connectivity index (χ4n) is 1.76. The van der Waals surface area contributed by atoms with Gasteiger partial charge >= 0.3 is 0 Å². The Labute approximate surface area is 97.0 Å². The van der Waals surface area contributed by atoms with Crippen LogP contribution in [-0.2, 0) is 9.59 Å². The second kappa shape index (κ2) is 4.32. The van der Waals surface area contributed by atoms with Crippen LogP contribution >= 0.6 is 0 Å². The lowest BCUT2D eigenvalue weighted by Crippen LogP contribution is -2.40. The van der Waals surface area contributed by atoms with Crippen molar-refractivity contribution in [3.63, 3.8) is 0 Å². The van der Waals surface area contributed by atoms with Crippen LogP contribution < -0.4 is 4.90 Å². The zero-order valence-corrected chi connectivity index (χ0v) is 8.96. The lowest BCUT2D eigenvalue weighted by molar-refractivity contribution is -0.384. The van der Waals surface area contributed by atoms with Gasteiger partial charge in [-0.1, -0.05) is 0 Å². The number of anilines is 1. The zero-order valence-electron chi connectivity index (χ0n) is 8.96. The maximum absolute atomic E-state index is 11.6. The molecule has 2 rings (SSSR count). The topological polar surface area (TPSA) is 80.5 Å². The van der Waals surface area contributed by atoms with Crippen molar-refractivity contribution in [2.75, 3.05) is 4.90 Å². The van der Waals surface area contributed by atoms with E-state index in [1.54, 1.807) is 0 Å². The van der Waals surface area contributed by atoms with Gasteiger partial charge < -0.3 is 0 Å². The molecule has 2 amide bonds. The molecule has 0 radical (unpaired) electrons. The second-order valence-corrected chi connectivity index (χ2v) is 3.75. The molecule has 0 saturated carbocycles. The van der Waals surface area contributed by atoms with Gasteiger partial charge in [0, 0.05) is 25.0 Å². The molecule has 17 heavy (non-hydrogen) atoms. The molecule has 0 bridgehead atoms. The van der Waals surface area contributed by atoms with E-state index in [9.17, 15) is 19.7 Å². The lowest BCUT2D eigenvalue weighted by atomic mass is 10.1. The number of non-ortho nitro benzene ring substituents is 1. The van der Waals surface area contributed by atoms with Gasteiger partial charge in [-0.05, 0) is 18.6 Å². The fraction of sp³-hybridized carbons (Fsp3) is 0.273. The van der Waals surface area contributed by atoms with Crippen LogP contribution in [0.2, 0.25) is 0 Å². The van der Waals surface area contributed by atoms with Crippen molar-refractivity contribution in [3.8, 4) is 0 Å². The van der Waals surface area contributed by atoms with E-state index in [4.69, 9.17) is 0 Å². The molecule has 0 aliphatic carbocycles. The quantitative estimate of drug-likeness (QED) is 0.442. The van der Waals surface area contributed by atoms with Gasteiger partial charge in [0.25, 0.3) is 5.69 Å². The predicted octanol–water partition coefficient (Wildman–Crippen LogP) is 1.64. The number of hydrogen-bond acceptors (Lipinski definition) is 4. The highest BCUT2D eigenvalue weighted by molar-refractivity contribution is 6.16. The highest BCUT2D eigenvalue weighted by Crippen LogP contribution is 2.24. The molecule has 1 aliphatic rings. The number of rotatable bonds is 2. The highest BCUT2D eigenvalue weighted by atomic mass is 16.6. The number of nitro groups is 1. The molecule has 1 saturated heterocycles. The molecule has 0 unspecified atom stereocenters. The number of imide groups is 1. The summed E-state index contributed by atoms with van der Waals surface area (Å²) in [6.45, 7) is 0. The molecule has 88 valence electrons. The van der Waals surface area contributed by atoms with Crippen LogP contribution in [-0.4, -0.2) is 16.7 Å². The first-order valence-electron chi connectivity index (χ1n) is 5.20. The molecule has 1 aromatic rings. The monoisotopic (exact) mass is 234 g/mol. The van der Waals surface area contributed by atoms with Crippen molar-refractivity contribution in [1.29, 1.82) is 0 Å². The van der Waals surface area contributed by atoms with Crippen molar-refractivity contribution < 1.29 is 14.5 Å². The first-order chi connectivity index (χ1) is 8.09. The zero-order chi connectivity index (χ0) is 12.4. The number of nitro benzene ring substituents is 1. The van der Waals surface area contributed by atoms with Gasteiger partial charge in [0.15, 0.2) is 0 Å². The summed E-state index contributed by atoms with van der Waals surface area (Å²) in [5.41, 5.74) is 0.330. The average Bonchev–Trinajstić information content (AvgIpc) is 2.29. The molecule has 6 nitrogen and oxygen atoms in total. The number of hydrogen-bond donors (Lipinski definition) is 0. The first kappa shape index (κ1) is 11.3. The number of nitrogens with zero attached hydrogens (tertiary/aromatic N) is 2. The Bertz CT molecular complexity index is 465. The van der Waals surface area contributed by atoms with E-state index >= 15 is 0 Å². The van der Waals surface area contributed by atoms with Crippen LogP contribution in [0, 0.1) is 10.1 Å². The largest absolute Gasteiger partial charge is 0.274 e. The van der Waals surface area contributed by atoms with Gasteiger partial charge in [0.2, 0.25) is 11.8 Å². The summed E-state index contributed by atoms with van der Waals surface area (Å²) in [6, 6.07) is 5.40. The second-order valence-electron chi connectivity index (χ2n) is 3.75. The van der Waals surface area contributed by atoms with Crippen LogP contribution in [0.25, 0.3) is 0 Å². The van der Waals surface area contributed by atoms with Crippen LogP contribution in [0.3, 0.4) is 0 Å². The fourth-order valence-corrected chi connectivity index (χ4v) is 1.76. The molecule has 0 atom stereocenters. The van der Waals surface area contributed by atoms with Gasteiger partial charge in [0.05, 0.1) is 10.6 Å². The summed E-state index contributed by atoms with van der Waals surface area (Å²) in [5.74, 6) is -0.509. The van der Waals surface area contributed by atoms with Crippen molar-refractivity contribution in [2.45, 2.75) is 19.3 Å². The minimum atomic E-state index is -0.524. The van der Waals surface area contributed by atoms with E-state index in [0.29, 0.717) is 24.9 Å². The Morgan fingerprint density at radius 1 is 1.06 bits per heavy atom. The van der Waals surface area contributed by atoms with Gasteiger partial charge in [-0.2, -0.15) is 0 Å².